The summed E-state index contributed by atoms with van der Waals surface area (Å²) >= 11 is 1.33. The molecule has 1 aromatic heterocycles. The van der Waals surface area contributed by atoms with E-state index in [1.54, 1.807) is 13.8 Å². The number of hydrogen-bond donors (Lipinski definition) is 0. The van der Waals surface area contributed by atoms with Crippen molar-refractivity contribution in [2.45, 2.75) is 43.9 Å². The summed E-state index contributed by atoms with van der Waals surface area (Å²) in [4.78, 5) is 23.5. The third kappa shape index (κ3) is 3.52. The summed E-state index contributed by atoms with van der Waals surface area (Å²) in [6, 6.07) is 10.2. The molecule has 0 spiro atoms. The molecule has 0 saturated carbocycles. The van der Waals surface area contributed by atoms with Gasteiger partial charge in [-0.15, -0.1) is 0 Å². The fourth-order valence-corrected chi connectivity index (χ4v) is 4.15. The van der Waals surface area contributed by atoms with Crippen molar-refractivity contribution in [3.63, 3.8) is 0 Å². The predicted octanol–water partition coefficient (Wildman–Crippen LogP) is 3.43. The van der Waals surface area contributed by atoms with Crippen LogP contribution in [-0.2, 0) is 11.2 Å². The van der Waals surface area contributed by atoms with E-state index in [0.29, 0.717) is 22.1 Å². The zero-order valence-corrected chi connectivity index (χ0v) is 15.4. The lowest BCUT2D eigenvalue weighted by molar-refractivity contribution is -0.117. The van der Waals surface area contributed by atoms with Crippen molar-refractivity contribution in [3.8, 4) is 6.07 Å². The second kappa shape index (κ2) is 7.24. The summed E-state index contributed by atoms with van der Waals surface area (Å²) in [5, 5.41) is 9.64. The molecule has 1 aliphatic rings. The predicted molar refractivity (Wildman–Crippen MR) is 98.7 cm³/mol. The van der Waals surface area contributed by atoms with Gasteiger partial charge in [-0.1, -0.05) is 30.0 Å². The highest BCUT2D eigenvalue weighted by Crippen LogP contribution is 2.31. The standard InChI is InChI=1S/C19H20N4OS/c1-12-16(11-20)18(22-14(3)21-12)25-13(2)19(24)23-10-6-8-15-7-4-5-9-17(15)23/h4-5,7,9,13H,6,8,10H2,1-3H3. The molecule has 0 saturated heterocycles. The number of rotatable bonds is 3. The number of carbonyl (C=O) groups is 1. The van der Waals surface area contributed by atoms with E-state index in [2.05, 4.69) is 22.1 Å². The first-order valence-corrected chi connectivity index (χ1v) is 9.20. The second-order valence-electron chi connectivity index (χ2n) is 6.13. The molecular formula is C19H20N4OS. The molecule has 6 heteroatoms. The Kier molecular flexibility index (Phi) is 5.05. The minimum absolute atomic E-state index is 0.0509. The van der Waals surface area contributed by atoms with Gasteiger partial charge in [-0.3, -0.25) is 4.79 Å². The summed E-state index contributed by atoms with van der Waals surface area (Å²) in [6.07, 6.45) is 1.97. The van der Waals surface area contributed by atoms with Gasteiger partial charge in [0.15, 0.2) is 0 Å². The zero-order valence-electron chi connectivity index (χ0n) is 14.6. The topological polar surface area (TPSA) is 69.9 Å². The smallest absolute Gasteiger partial charge is 0.240 e. The van der Waals surface area contributed by atoms with Crippen LogP contribution < -0.4 is 4.90 Å². The molecule has 3 rings (SSSR count). The number of anilines is 1. The Morgan fingerprint density at radius 3 is 2.84 bits per heavy atom. The molecule has 25 heavy (non-hydrogen) atoms. The minimum atomic E-state index is -0.327. The Bertz CT molecular complexity index is 859. The fraction of sp³-hybridized carbons (Fsp3) is 0.368. The monoisotopic (exact) mass is 352 g/mol. The van der Waals surface area contributed by atoms with Gasteiger partial charge in [-0.2, -0.15) is 5.26 Å². The first kappa shape index (κ1) is 17.4. The first-order valence-electron chi connectivity index (χ1n) is 8.32. The molecule has 5 nitrogen and oxygen atoms in total. The number of carbonyl (C=O) groups excluding carboxylic acids is 1. The molecule has 128 valence electrons. The Morgan fingerprint density at radius 2 is 2.08 bits per heavy atom. The van der Waals surface area contributed by atoms with Gasteiger partial charge in [0.1, 0.15) is 22.5 Å². The van der Waals surface area contributed by atoms with Crippen LogP contribution in [0.5, 0.6) is 0 Å². The van der Waals surface area contributed by atoms with Crippen LogP contribution in [0.3, 0.4) is 0 Å². The lowest BCUT2D eigenvalue weighted by atomic mass is 10.0. The highest BCUT2D eigenvalue weighted by atomic mass is 32.2. The van der Waals surface area contributed by atoms with Gasteiger partial charge in [-0.05, 0) is 45.2 Å². The molecule has 0 aliphatic carbocycles. The minimum Gasteiger partial charge on any atom is -0.311 e. The Balaban J connectivity index is 1.85. The highest BCUT2D eigenvalue weighted by molar-refractivity contribution is 8.00. The van der Waals surface area contributed by atoms with Crippen molar-refractivity contribution in [1.29, 1.82) is 5.26 Å². The molecule has 1 unspecified atom stereocenters. The number of benzene rings is 1. The van der Waals surface area contributed by atoms with Crippen LogP contribution >= 0.6 is 11.8 Å². The van der Waals surface area contributed by atoms with Crippen molar-refractivity contribution in [3.05, 3.63) is 46.9 Å². The zero-order chi connectivity index (χ0) is 18.0. The number of fused-ring (bicyclic) bond motifs is 1. The van der Waals surface area contributed by atoms with Gasteiger partial charge in [0.05, 0.1) is 10.9 Å². The molecule has 1 amide bonds. The Labute approximate surface area is 152 Å². The highest BCUT2D eigenvalue weighted by Gasteiger charge is 2.28. The molecule has 1 aromatic carbocycles. The number of para-hydroxylation sites is 1. The first-order chi connectivity index (χ1) is 12.0. The average molecular weight is 352 g/mol. The molecule has 0 bridgehead atoms. The summed E-state index contributed by atoms with van der Waals surface area (Å²) < 4.78 is 0. The summed E-state index contributed by atoms with van der Waals surface area (Å²) in [7, 11) is 0. The van der Waals surface area contributed by atoms with E-state index in [1.165, 1.54) is 17.3 Å². The Hall–Kier alpha value is -2.39. The quantitative estimate of drug-likeness (QED) is 0.625. The Morgan fingerprint density at radius 1 is 1.32 bits per heavy atom. The number of hydrogen-bond acceptors (Lipinski definition) is 5. The van der Waals surface area contributed by atoms with E-state index in [9.17, 15) is 10.1 Å². The van der Waals surface area contributed by atoms with Crippen molar-refractivity contribution in [1.82, 2.24) is 9.97 Å². The van der Waals surface area contributed by atoms with Gasteiger partial charge in [0, 0.05) is 12.2 Å². The van der Waals surface area contributed by atoms with Gasteiger partial charge < -0.3 is 4.90 Å². The molecule has 0 fully saturated rings. The van der Waals surface area contributed by atoms with Crippen molar-refractivity contribution >= 4 is 23.4 Å². The third-order valence-corrected chi connectivity index (χ3v) is 5.37. The maximum Gasteiger partial charge on any atom is 0.240 e. The number of nitrogens with zero attached hydrogens (tertiary/aromatic N) is 4. The fourth-order valence-electron chi connectivity index (χ4n) is 3.10. The van der Waals surface area contributed by atoms with Crippen LogP contribution in [0.2, 0.25) is 0 Å². The average Bonchev–Trinajstić information content (AvgIpc) is 2.60. The van der Waals surface area contributed by atoms with Crippen LogP contribution in [0.4, 0.5) is 5.69 Å². The van der Waals surface area contributed by atoms with Crippen molar-refractivity contribution < 1.29 is 4.79 Å². The van der Waals surface area contributed by atoms with E-state index in [-0.39, 0.29) is 11.2 Å². The molecule has 0 radical (unpaired) electrons. The van der Waals surface area contributed by atoms with Crippen molar-refractivity contribution in [2.24, 2.45) is 0 Å². The SMILES string of the molecule is Cc1nc(C)c(C#N)c(SC(C)C(=O)N2CCCc3ccccc32)n1. The maximum absolute atomic E-state index is 13.0. The van der Waals surface area contributed by atoms with E-state index in [0.717, 1.165) is 25.1 Å². The lowest BCUT2D eigenvalue weighted by Gasteiger charge is -2.31. The number of amides is 1. The molecule has 0 N–H and O–H groups in total. The van der Waals surface area contributed by atoms with Gasteiger partial charge in [0.2, 0.25) is 5.91 Å². The lowest BCUT2D eigenvalue weighted by Crippen LogP contribution is -2.40. The van der Waals surface area contributed by atoms with E-state index < -0.39 is 0 Å². The summed E-state index contributed by atoms with van der Waals surface area (Å²) in [5.74, 6) is 0.664. The normalized spacial score (nSPS) is 14.6. The van der Waals surface area contributed by atoms with Crippen LogP contribution in [-0.4, -0.2) is 27.7 Å². The van der Waals surface area contributed by atoms with Crippen LogP contribution in [0.25, 0.3) is 0 Å². The molecule has 2 aromatic rings. The molecular weight excluding hydrogens is 332 g/mol. The molecule has 1 aliphatic heterocycles. The van der Waals surface area contributed by atoms with E-state index >= 15 is 0 Å². The van der Waals surface area contributed by atoms with E-state index in [4.69, 9.17) is 0 Å². The number of aryl methyl sites for hydroxylation is 3. The van der Waals surface area contributed by atoms with Crippen LogP contribution in [0.15, 0.2) is 29.3 Å². The molecule has 2 heterocycles. The van der Waals surface area contributed by atoms with Crippen LogP contribution in [0, 0.1) is 25.2 Å². The molecule has 1 atom stereocenters. The van der Waals surface area contributed by atoms with Crippen molar-refractivity contribution in [2.75, 3.05) is 11.4 Å². The summed E-state index contributed by atoms with van der Waals surface area (Å²) in [6.45, 7) is 6.20. The van der Waals surface area contributed by atoms with Gasteiger partial charge >= 0.3 is 0 Å². The van der Waals surface area contributed by atoms with Crippen LogP contribution in [0.1, 0.15) is 36.0 Å². The third-order valence-electron chi connectivity index (χ3n) is 4.29. The summed E-state index contributed by atoms with van der Waals surface area (Å²) in [5.41, 5.74) is 3.32. The number of aromatic nitrogens is 2. The van der Waals surface area contributed by atoms with Gasteiger partial charge in [-0.25, -0.2) is 9.97 Å². The number of nitriles is 1. The van der Waals surface area contributed by atoms with E-state index in [1.807, 2.05) is 30.0 Å². The largest absolute Gasteiger partial charge is 0.311 e. The second-order valence-corrected chi connectivity index (χ2v) is 7.46. The van der Waals surface area contributed by atoms with Gasteiger partial charge in [0.25, 0.3) is 0 Å². The maximum atomic E-state index is 13.0. The number of thioether (sulfide) groups is 1.